The molecule has 116 valence electrons. The Kier molecular flexibility index (Phi) is 4.31. The molecule has 0 bridgehead atoms. The monoisotopic (exact) mass is 320 g/mol. The van der Waals surface area contributed by atoms with Crippen molar-refractivity contribution < 1.29 is 26.7 Å². The number of carbonyl (C=O) groups is 1. The Hall–Kier alpha value is -1.90. The predicted octanol–water partition coefficient (Wildman–Crippen LogP) is 1.38. The fourth-order valence-corrected chi connectivity index (χ4v) is 3.25. The standard InChI is InChI=1S/C12H14F2N2O4S/c1-20-12(17)15-8-6-9(13)11(10(14)7-8)16-2-4-21(18,19)5-3-16/h6-7H,2-5H2,1H3,(H,15,17). The second-order valence-electron chi connectivity index (χ2n) is 4.54. The highest BCUT2D eigenvalue weighted by molar-refractivity contribution is 7.91. The third kappa shape index (κ3) is 3.60. The molecule has 1 amide bonds. The normalized spacial score (nSPS) is 17.4. The Balaban J connectivity index is 2.23. The molecule has 0 saturated carbocycles. The summed E-state index contributed by atoms with van der Waals surface area (Å²) >= 11 is 0. The first-order valence-electron chi connectivity index (χ1n) is 6.12. The average molecular weight is 320 g/mol. The van der Waals surface area contributed by atoms with E-state index in [1.807, 2.05) is 0 Å². The number of halogens is 2. The van der Waals surface area contributed by atoms with E-state index in [1.54, 1.807) is 0 Å². The van der Waals surface area contributed by atoms with E-state index in [9.17, 15) is 22.0 Å². The topological polar surface area (TPSA) is 75.7 Å². The van der Waals surface area contributed by atoms with Gasteiger partial charge < -0.3 is 9.64 Å². The Labute approximate surface area is 120 Å². The molecule has 0 aromatic heterocycles. The van der Waals surface area contributed by atoms with Gasteiger partial charge in [-0.05, 0) is 12.1 Å². The lowest BCUT2D eigenvalue weighted by Gasteiger charge is -2.29. The summed E-state index contributed by atoms with van der Waals surface area (Å²) in [7, 11) is -2.01. The van der Waals surface area contributed by atoms with E-state index in [1.165, 1.54) is 4.90 Å². The average Bonchev–Trinajstić information content (AvgIpc) is 2.39. The maximum Gasteiger partial charge on any atom is 0.411 e. The molecule has 1 aromatic rings. The number of methoxy groups -OCH3 is 1. The minimum Gasteiger partial charge on any atom is -0.453 e. The van der Waals surface area contributed by atoms with Crippen LogP contribution < -0.4 is 10.2 Å². The Morgan fingerprint density at radius 1 is 1.24 bits per heavy atom. The molecule has 0 atom stereocenters. The van der Waals surface area contributed by atoms with Crippen LogP contribution in [0.25, 0.3) is 0 Å². The van der Waals surface area contributed by atoms with Crippen molar-refractivity contribution in [1.29, 1.82) is 0 Å². The van der Waals surface area contributed by atoms with E-state index in [-0.39, 0.29) is 36.0 Å². The fraction of sp³-hybridized carbons (Fsp3) is 0.417. The molecule has 1 saturated heterocycles. The molecule has 1 aliphatic rings. The summed E-state index contributed by atoms with van der Waals surface area (Å²) in [6, 6.07) is 1.91. The summed E-state index contributed by atoms with van der Waals surface area (Å²) in [5.41, 5.74) is -0.370. The molecule has 6 nitrogen and oxygen atoms in total. The van der Waals surface area contributed by atoms with Crippen molar-refractivity contribution in [2.45, 2.75) is 0 Å². The first kappa shape index (κ1) is 15.5. The zero-order chi connectivity index (χ0) is 15.6. The van der Waals surface area contributed by atoms with Crippen molar-refractivity contribution in [3.8, 4) is 0 Å². The van der Waals surface area contributed by atoms with Crippen LogP contribution in [0.5, 0.6) is 0 Å². The summed E-state index contributed by atoms with van der Waals surface area (Å²) in [5, 5.41) is 2.16. The van der Waals surface area contributed by atoms with Crippen molar-refractivity contribution >= 4 is 27.3 Å². The van der Waals surface area contributed by atoms with Crippen LogP contribution in [0.2, 0.25) is 0 Å². The molecule has 0 radical (unpaired) electrons. The summed E-state index contributed by atoms with van der Waals surface area (Å²) in [6.45, 7) is 0.0555. The van der Waals surface area contributed by atoms with Gasteiger partial charge in [-0.2, -0.15) is 0 Å². The van der Waals surface area contributed by atoms with E-state index >= 15 is 0 Å². The number of hydrogen-bond donors (Lipinski definition) is 1. The van der Waals surface area contributed by atoms with Gasteiger partial charge in [0.1, 0.15) is 5.69 Å². The highest BCUT2D eigenvalue weighted by atomic mass is 32.2. The third-order valence-corrected chi connectivity index (χ3v) is 4.72. The van der Waals surface area contributed by atoms with Gasteiger partial charge in [-0.15, -0.1) is 0 Å². The summed E-state index contributed by atoms with van der Waals surface area (Å²) in [4.78, 5) is 12.3. The smallest absolute Gasteiger partial charge is 0.411 e. The van der Waals surface area contributed by atoms with E-state index in [0.29, 0.717) is 0 Å². The van der Waals surface area contributed by atoms with Gasteiger partial charge in [-0.1, -0.05) is 0 Å². The van der Waals surface area contributed by atoms with E-state index < -0.39 is 27.6 Å². The minimum atomic E-state index is -3.14. The van der Waals surface area contributed by atoms with Gasteiger partial charge in [-0.3, -0.25) is 5.32 Å². The van der Waals surface area contributed by atoms with Gasteiger partial charge in [0.05, 0.1) is 18.6 Å². The van der Waals surface area contributed by atoms with Crippen LogP contribution in [0.4, 0.5) is 25.0 Å². The molecule has 1 fully saturated rings. The summed E-state index contributed by atoms with van der Waals surface area (Å²) < 4.78 is 55.0. The van der Waals surface area contributed by atoms with Gasteiger partial charge in [-0.25, -0.2) is 22.0 Å². The number of carbonyl (C=O) groups excluding carboxylic acids is 1. The molecule has 1 N–H and O–H groups in total. The summed E-state index contributed by atoms with van der Waals surface area (Å²) in [5.74, 6) is -2.04. The lowest BCUT2D eigenvalue weighted by atomic mass is 10.2. The first-order chi connectivity index (χ1) is 9.82. The van der Waals surface area contributed by atoms with E-state index in [0.717, 1.165) is 19.2 Å². The van der Waals surface area contributed by atoms with Gasteiger partial charge >= 0.3 is 6.09 Å². The molecule has 21 heavy (non-hydrogen) atoms. The van der Waals surface area contributed by atoms with Crippen molar-refractivity contribution in [2.24, 2.45) is 0 Å². The molecule has 0 unspecified atom stereocenters. The molecule has 1 heterocycles. The maximum atomic E-state index is 14.0. The number of nitrogens with one attached hydrogen (secondary N) is 1. The van der Waals surface area contributed by atoms with Gasteiger partial charge in [0.15, 0.2) is 21.5 Å². The molecule has 2 rings (SSSR count). The number of ether oxygens (including phenoxy) is 1. The minimum absolute atomic E-state index is 0.0277. The highest BCUT2D eigenvalue weighted by Crippen LogP contribution is 2.28. The SMILES string of the molecule is COC(=O)Nc1cc(F)c(N2CCS(=O)(=O)CC2)c(F)c1. The number of nitrogens with zero attached hydrogens (tertiary/aromatic N) is 1. The van der Waals surface area contributed by atoms with E-state index in [2.05, 4.69) is 10.1 Å². The molecule has 9 heteroatoms. The number of benzene rings is 1. The zero-order valence-corrected chi connectivity index (χ0v) is 12.0. The zero-order valence-electron chi connectivity index (χ0n) is 11.2. The Morgan fingerprint density at radius 2 is 1.76 bits per heavy atom. The van der Waals surface area contributed by atoms with Crippen LogP contribution in [0.1, 0.15) is 0 Å². The number of sulfone groups is 1. The van der Waals surface area contributed by atoms with Crippen LogP contribution in [0.15, 0.2) is 12.1 Å². The van der Waals surface area contributed by atoms with Gasteiger partial charge in [0, 0.05) is 18.8 Å². The molecule has 1 aromatic carbocycles. The highest BCUT2D eigenvalue weighted by Gasteiger charge is 2.26. The quantitative estimate of drug-likeness (QED) is 0.891. The van der Waals surface area contributed by atoms with Crippen LogP contribution >= 0.6 is 0 Å². The molecule has 1 aliphatic heterocycles. The van der Waals surface area contributed by atoms with E-state index in [4.69, 9.17) is 0 Å². The summed E-state index contributed by atoms with van der Waals surface area (Å²) in [6.07, 6.45) is -0.842. The third-order valence-electron chi connectivity index (χ3n) is 3.11. The van der Waals surface area contributed by atoms with Gasteiger partial charge in [0.2, 0.25) is 0 Å². The second kappa shape index (κ2) is 5.84. The van der Waals surface area contributed by atoms with Crippen molar-refractivity contribution in [1.82, 2.24) is 0 Å². The number of hydrogen-bond acceptors (Lipinski definition) is 5. The lowest BCUT2D eigenvalue weighted by molar-refractivity contribution is 0.187. The second-order valence-corrected chi connectivity index (χ2v) is 6.85. The lowest BCUT2D eigenvalue weighted by Crippen LogP contribution is -2.41. The number of anilines is 2. The van der Waals surface area contributed by atoms with Gasteiger partial charge in [0.25, 0.3) is 0 Å². The Bertz CT molecular complexity index is 626. The van der Waals surface area contributed by atoms with Crippen LogP contribution in [0, 0.1) is 11.6 Å². The van der Waals surface area contributed by atoms with Crippen LogP contribution in [-0.4, -0.2) is 46.2 Å². The van der Waals surface area contributed by atoms with Crippen molar-refractivity contribution in [2.75, 3.05) is 41.9 Å². The Morgan fingerprint density at radius 3 is 2.24 bits per heavy atom. The molecule has 0 spiro atoms. The van der Waals surface area contributed by atoms with Crippen molar-refractivity contribution in [3.05, 3.63) is 23.8 Å². The number of amides is 1. The largest absolute Gasteiger partial charge is 0.453 e. The number of rotatable bonds is 2. The molecular weight excluding hydrogens is 306 g/mol. The molecular formula is C12H14F2N2O4S. The molecule has 0 aliphatic carbocycles. The fourth-order valence-electron chi connectivity index (χ4n) is 2.04. The maximum absolute atomic E-state index is 14.0. The first-order valence-corrected chi connectivity index (χ1v) is 7.94. The van der Waals surface area contributed by atoms with Crippen molar-refractivity contribution in [3.63, 3.8) is 0 Å². The van der Waals surface area contributed by atoms with Crippen LogP contribution in [-0.2, 0) is 14.6 Å². The van der Waals surface area contributed by atoms with Crippen LogP contribution in [0.3, 0.4) is 0 Å². The predicted molar refractivity (Wildman–Crippen MR) is 73.3 cm³/mol.